The summed E-state index contributed by atoms with van der Waals surface area (Å²) in [6, 6.07) is 0. The molecule has 0 radical (unpaired) electrons. The van der Waals surface area contributed by atoms with E-state index in [2.05, 4.69) is 26.8 Å². The van der Waals surface area contributed by atoms with Crippen LogP contribution in [0.1, 0.15) is 92.9 Å². The van der Waals surface area contributed by atoms with Crippen LogP contribution in [0.3, 0.4) is 0 Å². The highest BCUT2D eigenvalue weighted by Crippen LogP contribution is 2.76. The third-order valence-electron chi connectivity index (χ3n) is 13.6. The molecule has 0 amide bonds. The number of hydrogen-bond acceptors (Lipinski definition) is 5. The van der Waals surface area contributed by atoms with Gasteiger partial charge < -0.3 is 25.5 Å². The maximum absolute atomic E-state index is 12.8. The van der Waals surface area contributed by atoms with E-state index in [0.717, 1.165) is 12.0 Å². The number of aliphatic hydroxyl groups excluding tert-OH is 2. The lowest BCUT2D eigenvalue weighted by molar-refractivity contribution is -0.243. The Morgan fingerprint density at radius 3 is 2.14 bits per heavy atom. The van der Waals surface area contributed by atoms with Crippen LogP contribution in [0.15, 0.2) is 11.6 Å². The van der Waals surface area contributed by atoms with E-state index in [1.165, 1.54) is 0 Å². The molecule has 5 aliphatic carbocycles. The molecule has 0 aromatic rings. The van der Waals surface area contributed by atoms with Crippen molar-refractivity contribution in [2.24, 2.45) is 50.7 Å². The molecule has 0 heterocycles. The van der Waals surface area contributed by atoms with Crippen molar-refractivity contribution >= 4 is 11.9 Å². The molecule has 2 unspecified atom stereocenters. The van der Waals surface area contributed by atoms with E-state index in [-0.39, 0.29) is 28.6 Å². The van der Waals surface area contributed by atoms with Crippen LogP contribution in [0, 0.1) is 50.7 Å². The first-order valence-corrected chi connectivity index (χ1v) is 14.2. The number of allylic oxidation sites excluding steroid dienone is 1. The second-order valence-corrected chi connectivity index (χ2v) is 14.7. The average Bonchev–Trinajstić information content (AvgIpc) is 2.80. The minimum atomic E-state index is -1.44. The van der Waals surface area contributed by atoms with Gasteiger partial charge in [-0.1, -0.05) is 39.3 Å². The number of fused-ring (bicyclic) bond motifs is 7. The largest absolute Gasteiger partial charge is 0.481 e. The number of aliphatic carboxylic acids is 2. The first kappa shape index (κ1) is 27.1. The van der Waals surface area contributed by atoms with Gasteiger partial charge in [-0.25, -0.2) is 0 Å². The summed E-state index contributed by atoms with van der Waals surface area (Å²) >= 11 is 0. The van der Waals surface area contributed by atoms with E-state index in [1.54, 1.807) is 6.92 Å². The van der Waals surface area contributed by atoms with Gasteiger partial charge in [0, 0.05) is 5.92 Å². The summed E-state index contributed by atoms with van der Waals surface area (Å²) < 4.78 is 0. The molecule has 7 nitrogen and oxygen atoms in total. The summed E-state index contributed by atoms with van der Waals surface area (Å²) in [6.07, 6.45) is 4.64. The monoisotopic (exact) mass is 518 g/mol. The first-order chi connectivity index (χ1) is 16.9. The lowest BCUT2D eigenvalue weighted by Crippen LogP contribution is -2.70. The molecule has 208 valence electrons. The Morgan fingerprint density at radius 1 is 0.892 bits per heavy atom. The van der Waals surface area contributed by atoms with Crippen molar-refractivity contribution in [3.05, 3.63) is 11.6 Å². The zero-order valence-corrected chi connectivity index (χ0v) is 23.3. The van der Waals surface area contributed by atoms with Crippen molar-refractivity contribution in [3.63, 3.8) is 0 Å². The highest BCUT2D eigenvalue weighted by atomic mass is 16.4. The van der Waals surface area contributed by atoms with Crippen LogP contribution in [0.2, 0.25) is 0 Å². The van der Waals surface area contributed by atoms with Gasteiger partial charge in [0.25, 0.3) is 0 Å². The average molecular weight is 519 g/mol. The van der Waals surface area contributed by atoms with Crippen LogP contribution < -0.4 is 0 Å². The maximum atomic E-state index is 12.8. The number of aliphatic hydroxyl groups is 3. The van der Waals surface area contributed by atoms with Gasteiger partial charge in [0.1, 0.15) is 0 Å². The van der Waals surface area contributed by atoms with Gasteiger partial charge in [0.05, 0.1) is 28.6 Å². The summed E-state index contributed by atoms with van der Waals surface area (Å²) in [5, 5.41) is 54.5. The zero-order chi connectivity index (χ0) is 27.6. The van der Waals surface area contributed by atoms with E-state index in [4.69, 9.17) is 0 Å². The Bertz CT molecular complexity index is 1050. The summed E-state index contributed by atoms with van der Waals surface area (Å²) in [7, 11) is 0. The van der Waals surface area contributed by atoms with Crippen LogP contribution in [0.5, 0.6) is 0 Å². The number of carboxylic acid groups (broad SMARTS) is 2. The molecule has 4 saturated carbocycles. The second kappa shape index (κ2) is 7.82. The molecule has 4 fully saturated rings. The molecule has 12 atom stereocenters. The van der Waals surface area contributed by atoms with E-state index >= 15 is 0 Å². The molecule has 0 aromatic heterocycles. The number of carboxylic acids is 2. The van der Waals surface area contributed by atoms with Gasteiger partial charge in [0.15, 0.2) is 0 Å². The minimum Gasteiger partial charge on any atom is -0.481 e. The van der Waals surface area contributed by atoms with E-state index in [9.17, 15) is 35.1 Å². The smallest absolute Gasteiger partial charge is 0.312 e. The third-order valence-corrected chi connectivity index (χ3v) is 13.6. The zero-order valence-electron chi connectivity index (χ0n) is 23.3. The molecule has 0 spiro atoms. The molecule has 7 heteroatoms. The lowest BCUT2D eigenvalue weighted by Gasteiger charge is -2.71. The quantitative estimate of drug-likeness (QED) is 0.345. The molecular formula is C30H46O7. The Morgan fingerprint density at radius 2 is 1.54 bits per heavy atom. The fourth-order valence-electron chi connectivity index (χ4n) is 10.9. The highest BCUT2D eigenvalue weighted by molar-refractivity contribution is 5.77. The summed E-state index contributed by atoms with van der Waals surface area (Å²) in [6.45, 7) is 12.1. The van der Waals surface area contributed by atoms with Gasteiger partial charge in [-0.3, -0.25) is 9.59 Å². The highest BCUT2D eigenvalue weighted by Gasteiger charge is 2.73. The van der Waals surface area contributed by atoms with Crippen LogP contribution in [-0.2, 0) is 9.59 Å². The van der Waals surface area contributed by atoms with Gasteiger partial charge >= 0.3 is 11.9 Å². The molecule has 0 aromatic carbocycles. The van der Waals surface area contributed by atoms with Gasteiger partial charge in [-0.2, -0.15) is 0 Å². The van der Waals surface area contributed by atoms with Crippen molar-refractivity contribution in [1.82, 2.24) is 0 Å². The molecular weight excluding hydrogens is 472 g/mol. The second-order valence-electron chi connectivity index (χ2n) is 14.7. The van der Waals surface area contributed by atoms with Gasteiger partial charge in [0.2, 0.25) is 0 Å². The summed E-state index contributed by atoms with van der Waals surface area (Å²) in [4.78, 5) is 25.4. The molecule has 5 rings (SSSR count). The van der Waals surface area contributed by atoms with Crippen molar-refractivity contribution in [2.45, 2.75) is 111 Å². The SMILES string of the molecule is C[C@@H]1CC[C@]2(C(=O)O)CC[C@]3(C)C(=CC[C@@H]4[C@@]5(C)C[C@@H](O)[C@@H](O)[C@](C)(C(=O)O)C5CC[C@]43C)C2[C@]1(C)O. The summed E-state index contributed by atoms with van der Waals surface area (Å²) in [5.41, 5.74) is -3.59. The molecule has 5 aliphatic rings. The fraction of sp³-hybridized carbons (Fsp3) is 0.867. The predicted molar refractivity (Wildman–Crippen MR) is 137 cm³/mol. The standard InChI is InChI=1S/C30H46O7/c1-16-9-12-30(24(35)36)14-13-26(3)17(21(30)29(16,6)37)7-8-19-25(2)15-18(31)22(32)28(5,23(33)34)20(25)10-11-27(19,26)4/h7,16,18-22,31-32,37H,8-15H2,1-6H3,(H,33,34)(H,35,36)/t16-,18-,19-,20?,21?,22-,25-,26-,27-,28-,29-,30+/m1/s1. The number of rotatable bonds is 2. The third kappa shape index (κ3) is 3.00. The van der Waals surface area contributed by atoms with Crippen LogP contribution in [0.25, 0.3) is 0 Å². The molecule has 0 aliphatic heterocycles. The predicted octanol–water partition coefficient (Wildman–Crippen LogP) is 4.24. The van der Waals surface area contributed by atoms with E-state index in [1.807, 2.05) is 13.8 Å². The van der Waals surface area contributed by atoms with Gasteiger partial charge in [-0.05, 0) is 99.2 Å². The summed E-state index contributed by atoms with van der Waals surface area (Å²) in [5.74, 6) is -2.57. The molecule has 5 N–H and O–H groups in total. The van der Waals surface area contributed by atoms with Crippen molar-refractivity contribution < 1.29 is 35.1 Å². The fourth-order valence-corrected chi connectivity index (χ4v) is 10.9. The molecule has 37 heavy (non-hydrogen) atoms. The van der Waals surface area contributed by atoms with E-state index in [0.29, 0.717) is 44.9 Å². The maximum Gasteiger partial charge on any atom is 0.312 e. The van der Waals surface area contributed by atoms with Crippen molar-refractivity contribution in [2.75, 3.05) is 0 Å². The Balaban J connectivity index is 1.66. The molecule has 0 saturated heterocycles. The number of hydrogen-bond donors (Lipinski definition) is 5. The molecule has 0 bridgehead atoms. The number of carbonyl (C=O) groups is 2. The van der Waals surface area contributed by atoms with Crippen molar-refractivity contribution in [1.29, 1.82) is 0 Å². The first-order valence-electron chi connectivity index (χ1n) is 14.2. The van der Waals surface area contributed by atoms with Crippen LogP contribution in [-0.4, -0.2) is 55.3 Å². The lowest BCUT2D eigenvalue weighted by atomic mass is 9.33. The van der Waals surface area contributed by atoms with Crippen molar-refractivity contribution in [3.8, 4) is 0 Å². The normalized spacial score (nSPS) is 57.2. The minimum absolute atomic E-state index is 0.0155. The topological polar surface area (TPSA) is 135 Å². The van der Waals surface area contributed by atoms with Crippen LogP contribution >= 0.6 is 0 Å². The van der Waals surface area contributed by atoms with Crippen LogP contribution in [0.4, 0.5) is 0 Å². The Hall–Kier alpha value is -1.44. The van der Waals surface area contributed by atoms with Gasteiger partial charge in [-0.15, -0.1) is 0 Å². The Labute approximate surface area is 220 Å². The van der Waals surface area contributed by atoms with E-state index < -0.39 is 51.9 Å². The Kier molecular flexibility index (Phi) is 5.73.